The van der Waals surface area contributed by atoms with Crippen LogP contribution in [0.25, 0.3) is 0 Å². The third kappa shape index (κ3) is 2.63. The summed E-state index contributed by atoms with van der Waals surface area (Å²) < 4.78 is 0. The Bertz CT molecular complexity index is 265. The molecule has 0 nitrogen and oxygen atoms in total. The van der Waals surface area contributed by atoms with Crippen molar-refractivity contribution in [2.75, 3.05) is 0 Å². The maximum absolute atomic E-state index is 2.59. The summed E-state index contributed by atoms with van der Waals surface area (Å²) in [6.45, 7) is 12.4. The predicted octanol–water partition coefficient (Wildman–Crippen LogP) is 5.91. The lowest BCUT2D eigenvalue weighted by molar-refractivity contribution is 0.112. The van der Waals surface area contributed by atoms with Gasteiger partial charge in [-0.1, -0.05) is 53.9 Å². The zero-order chi connectivity index (χ0) is 13.3. The van der Waals surface area contributed by atoms with Gasteiger partial charge in [-0.05, 0) is 60.7 Å². The normalized spacial score (nSPS) is 41.5. The van der Waals surface area contributed by atoms with E-state index < -0.39 is 0 Å². The minimum atomic E-state index is 0.599. The van der Waals surface area contributed by atoms with Gasteiger partial charge in [0.05, 0.1) is 0 Å². The van der Waals surface area contributed by atoms with Gasteiger partial charge in [0, 0.05) is 0 Å². The van der Waals surface area contributed by atoms with Crippen LogP contribution in [0.3, 0.4) is 0 Å². The van der Waals surface area contributed by atoms with E-state index in [1.165, 1.54) is 44.9 Å². The minimum absolute atomic E-state index is 0.599. The van der Waals surface area contributed by atoms with Gasteiger partial charge in [0.15, 0.2) is 0 Å². The van der Waals surface area contributed by atoms with Gasteiger partial charge < -0.3 is 0 Å². The van der Waals surface area contributed by atoms with E-state index in [4.69, 9.17) is 0 Å². The van der Waals surface area contributed by atoms with Crippen LogP contribution in [-0.4, -0.2) is 0 Å². The average Bonchev–Trinajstić information content (AvgIpc) is 2.95. The van der Waals surface area contributed by atoms with Crippen LogP contribution < -0.4 is 0 Å². The molecule has 0 spiro atoms. The first-order valence-corrected chi connectivity index (χ1v) is 8.48. The standard InChI is InChI=1S/C18H34/c1-6-14-8-9-16(11-14)18(4,5)17-10-13(3)15(7-2)12-17/h13-17H,6-12H2,1-5H3/t13?,14-,15-,16+,17-/m1/s1. The van der Waals surface area contributed by atoms with Gasteiger partial charge in [-0.3, -0.25) is 0 Å². The highest BCUT2D eigenvalue weighted by Gasteiger charge is 2.44. The Morgan fingerprint density at radius 1 is 0.889 bits per heavy atom. The molecule has 0 aromatic carbocycles. The molecule has 2 fully saturated rings. The molecular weight excluding hydrogens is 216 g/mol. The van der Waals surface area contributed by atoms with Gasteiger partial charge in [-0.15, -0.1) is 0 Å². The van der Waals surface area contributed by atoms with Crippen LogP contribution in [0.2, 0.25) is 0 Å². The lowest BCUT2D eigenvalue weighted by Gasteiger charge is -2.38. The molecule has 0 heteroatoms. The van der Waals surface area contributed by atoms with Crippen molar-refractivity contribution in [3.8, 4) is 0 Å². The largest absolute Gasteiger partial charge is 0.0651 e. The SMILES string of the molecule is CC[C@@H]1CC[C@H](C(C)(C)[C@@H]2CC(C)[C@H](CC)C2)C1. The first-order valence-electron chi connectivity index (χ1n) is 8.48. The molecule has 106 valence electrons. The topological polar surface area (TPSA) is 0 Å². The summed E-state index contributed by atoms with van der Waals surface area (Å²) in [5, 5.41) is 0. The summed E-state index contributed by atoms with van der Waals surface area (Å²) in [6.07, 6.45) is 10.3. The van der Waals surface area contributed by atoms with Crippen molar-refractivity contribution in [3.05, 3.63) is 0 Å². The second-order valence-corrected chi connectivity index (χ2v) is 7.92. The number of rotatable bonds is 4. The van der Waals surface area contributed by atoms with Crippen molar-refractivity contribution in [2.45, 2.75) is 79.6 Å². The molecule has 0 aromatic rings. The molecule has 0 heterocycles. The summed E-state index contributed by atoms with van der Waals surface area (Å²) in [5.41, 5.74) is 0.599. The molecule has 2 aliphatic carbocycles. The van der Waals surface area contributed by atoms with Crippen molar-refractivity contribution in [2.24, 2.45) is 35.0 Å². The van der Waals surface area contributed by atoms with E-state index in [0.29, 0.717) is 5.41 Å². The quantitative estimate of drug-likeness (QED) is 0.581. The molecule has 5 atom stereocenters. The Morgan fingerprint density at radius 2 is 1.61 bits per heavy atom. The fourth-order valence-corrected chi connectivity index (χ4v) is 4.97. The van der Waals surface area contributed by atoms with E-state index in [2.05, 4.69) is 34.6 Å². The van der Waals surface area contributed by atoms with E-state index in [1.807, 2.05) is 0 Å². The molecule has 0 amide bonds. The smallest absolute Gasteiger partial charge is 0.0297 e. The van der Waals surface area contributed by atoms with Gasteiger partial charge in [0.2, 0.25) is 0 Å². The zero-order valence-electron chi connectivity index (χ0n) is 13.3. The molecule has 2 saturated carbocycles. The van der Waals surface area contributed by atoms with Crippen molar-refractivity contribution < 1.29 is 0 Å². The van der Waals surface area contributed by atoms with Crippen molar-refractivity contribution in [3.63, 3.8) is 0 Å². The Morgan fingerprint density at radius 3 is 2.11 bits per heavy atom. The first kappa shape index (κ1) is 14.4. The first-order chi connectivity index (χ1) is 8.48. The zero-order valence-corrected chi connectivity index (χ0v) is 13.3. The lowest BCUT2D eigenvalue weighted by Crippen LogP contribution is -2.30. The van der Waals surface area contributed by atoms with Crippen molar-refractivity contribution in [1.29, 1.82) is 0 Å². The van der Waals surface area contributed by atoms with E-state index in [1.54, 1.807) is 0 Å². The van der Waals surface area contributed by atoms with Crippen molar-refractivity contribution in [1.82, 2.24) is 0 Å². The number of hydrogen-bond acceptors (Lipinski definition) is 0. The Hall–Kier alpha value is 0. The summed E-state index contributed by atoms with van der Waals surface area (Å²) >= 11 is 0. The third-order valence-electron chi connectivity index (χ3n) is 6.80. The molecule has 0 radical (unpaired) electrons. The van der Waals surface area contributed by atoms with Crippen LogP contribution in [0.15, 0.2) is 0 Å². The summed E-state index contributed by atoms with van der Waals surface area (Å²) in [7, 11) is 0. The fraction of sp³-hybridized carbons (Fsp3) is 1.00. The van der Waals surface area contributed by atoms with Crippen LogP contribution >= 0.6 is 0 Å². The lowest BCUT2D eigenvalue weighted by atomic mass is 9.67. The van der Waals surface area contributed by atoms with E-state index in [-0.39, 0.29) is 0 Å². The maximum atomic E-state index is 2.59. The average molecular weight is 250 g/mol. The monoisotopic (exact) mass is 250 g/mol. The van der Waals surface area contributed by atoms with Gasteiger partial charge in [-0.2, -0.15) is 0 Å². The molecule has 0 aromatic heterocycles. The van der Waals surface area contributed by atoms with Gasteiger partial charge in [0.1, 0.15) is 0 Å². The van der Waals surface area contributed by atoms with E-state index in [0.717, 1.165) is 29.6 Å². The highest BCUT2D eigenvalue weighted by atomic mass is 14.5. The second-order valence-electron chi connectivity index (χ2n) is 7.92. The van der Waals surface area contributed by atoms with Crippen molar-refractivity contribution >= 4 is 0 Å². The van der Waals surface area contributed by atoms with Crippen LogP contribution in [0.5, 0.6) is 0 Å². The van der Waals surface area contributed by atoms with E-state index in [9.17, 15) is 0 Å². The van der Waals surface area contributed by atoms with Crippen LogP contribution in [0, 0.1) is 35.0 Å². The number of hydrogen-bond donors (Lipinski definition) is 0. The molecule has 2 rings (SSSR count). The van der Waals surface area contributed by atoms with Gasteiger partial charge in [0.25, 0.3) is 0 Å². The Kier molecular flexibility index (Phi) is 4.44. The molecule has 2 aliphatic rings. The molecule has 0 aliphatic heterocycles. The van der Waals surface area contributed by atoms with Crippen LogP contribution in [0.1, 0.15) is 79.6 Å². The predicted molar refractivity (Wildman–Crippen MR) is 80.6 cm³/mol. The molecule has 0 saturated heterocycles. The van der Waals surface area contributed by atoms with Crippen LogP contribution in [-0.2, 0) is 0 Å². The summed E-state index contributed by atoms with van der Waals surface area (Å²) in [4.78, 5) is 0. The maximum Gasteiger partial charge on any atom is -0.0297 e. The highest BCUT2D eigenvalue weighted by molar-refractivity contribution is 4.94. The fourth-order valence-electron chi connectivity index (χ4n) is 4.97. The molecule has 0 N–H and O–H groups in total. The third-order valence-corrected chi connectivity index (χ3v) is 6.80. The molecule has 18 heavy (non-hydrogen) atoms. The molecular formula is C18H34. The highest BCUT2D eigenvalue weighted by Crippen LogP contribution is 2.54. The summed E-state index contributed by atoms with van der Waals surface area (Å²) in [6, 6.07) is 0. The second kappa shape index (κ2) is 5.55. The van der Waals surface area contributed by atoms with Gasteiger partial charge >= 0.3 is 0 Å². The molecule has 1 unspecified atom stereocenters. The van der Waals surface area contributed by atoms with E-state index >= 15 is 0 Å². The van der Waals surface area contributed by atoms with Crippen LogP contribution in [0.4, 0.5) is 0 Å². The Labute approximate surface area is 115 Å². The van der Waals surface area contributed by atoms with Gasteiger partial charge in [-0.25, -0.2) is 0 Å². The minimum Gasteiger partial charge on any atom is -0.0651 e. The summed E-state index contributed by atoms with van der Waals surface area (Å²) in [5.74, 6) is 5.03. The molecule has 0 bridgehead atoms. The Balaban J connectivity index is 1.99.